The molecule has 0 aliphatic rings. The summed E-state index contributed by atoms with van der Waals surface area (Å²) in [4.78, 5) is 37.3. The molecule has 0 heterocycles. The van der Waals surface area contributed by atoms with Crippen molar-refractivity contribution in [2.24, 2.45) is 0 Å². The summed E-state index contributed by atoms with van der Waals surface area (Å²) in [5.74, 6) is -1.48. The van der Waals surface area contributed by atoms with Gasteiger partial charge in [0.2, 0.25) is 12.0 Å². The van der Waals surface area contributed by atoms with Crippen molar-refractivity contribution >= 4 is 23.5 Å². The highest BCUT2D eigenvalue weighted by Gasteiger charge is 2.25. The van der Waals surface area contributed by atoms with Crippen LogP contribution in [0.5, 0.6) is 0 Å². The minimum absolute atomic E-state index is 0.157. The van der Waals surface area contributed by atoms with Crippen LogP contribution in [0, 0.1) is 6.92 Å². The molecule has 2 N–H and O–H groups in total. The van der Waals surface area contributed by atoms with Crippen molar-refractivity contribution in [2.75, 3.05) is 11.9 Å². The van der Waals surface area contributed by atoms with Crippen molar-refractivity contribution < 1.29 is 19.1 Å². The maximum atomic E-state index is 12.8. The van der Waals surface area contributed by atoms with E-state index in [0.29, 0.717) is 11.3 Å². The van der Waals surface area contributed by atoms with E-state index in [4.69, 9.17) is 4.74 Å². The van der Waals surface area contributed by atoms with Gasteiger partial charge in [0, 0.05) is 11.3 Å². The zero-order valence-corrected chi connectivity index (χ0v) is 17.2. The number of nitrogens with one attached hydrogen (secondary N) is 2. The average Bonchev–Trinajstić information content (AvgIpc) is 2.79. The van der Waals surface area contributed by atoms with Gasteiger partial charge in [-0.1, -0.05) is 78.4 Å². The van der Waals surface area contributed by atoms with Crippen LogP contribution in [0.4, 0.5) is 5.69 Å². The Morgan fingerprint density at radius 2 is 1.45 bits per heavy atom. The van der Waals surface area contributed by atoms with Crippen LogP contribution >= 0.6 is 0 Å². The van der Waals surface area contributed by atoms with Gasteiger partial charge in [0.05, 0.1) is 6.42 Å². The highest BCUT2D eigenvalue weighted by atomic mass is 16.5. The third-order valence-electron chi connectivity index (χ3n) is 4.55. The van der Waals surface area contributed by atoms with Crippen molar-refractivity contribution in [3.8, 4) is 0 Å². The molecule has 2 amide bonds. The standard InChI is InChI=1S/C25H24N2O4/c1-18-12-14-21(15-13-18)27-25(30)24(20-10-6-3-7-11-20)31-23(29)17-26-22(28)16-19-8-4-2-5-9-19/h2-15,24H,16-17H2,1H3,(H,26,28)(H,27,30)/t24-/m1/s1. The lowest BCUT2D eigenvalue weighted by Gasteiger charge is -2.18. The average molecular weight is 416 g/mol. The lowest BCUT2D eigenvalue weighted by atomic mass is 10.1. The molecule has 0 bridgehead atoms. The van der Waals surface area contributed by atoms with E-state index in [2.05, 4.69) is 10.6 Å². The summed E-state index contributed by atoms with van der Waals surface area (Å²) in [6.07, 6.45) is -0.981. The minimum Gasteiger partial charge on any atom is -0.446 e. The van der Waals surface area contributed by atoms with Gasteiger partial charge in [-0.25, -0.2) is 0 Å². The maximum Gasteiger partial charge on any atom is 0.326 e. The zero-order valence-electron chi connectivity index (χ0n) is 17.2. The Bertz CT molecular complexity index is 1020. The summed E-state index contributed by atoms with van der Waals surface area (Å²) < 4.78 is 5.43. The number of benzene rings is 3. The molecule has 3 aromatic carbocycles. The first kappa shape index (κ1) is 21.8. The van der Waals surface area contributed by atoms with Crippen molar-refractivity contribution in [1.29, 1.82) is 0 Å². The second kappa shape index (κ2) is 10.7. The minimum atomic E-state index is -1.14. The van der Waals surface area contributed by atoms with Crippen LogP contribution in [0.2, 0.25) is 0 Å². The molecule has 1 atom stereocenters. The predicted octanol–water partition coefficient (Wildman–Crippen LogP) is 3.58. The van der Waals surface area contributed by atoms with E-state index in [9.17, 15) is 14.4 Å². The number of rotatable bonds is 8. The first-order chi connectivity index (χ1) is 15.0. The van der Waals surface area contributed by atoms with Crippen LogP contribution in [-0.2, 0) is 25.5 Å². The lowest BCUT2D eigenvalue weighted by molar-refractivity contribution is -0.154. The highest BCUT2D eigenvalue weighted by Crippen LogP contribution is 2.20. The van der Waals surface area contributed by atoms with Gasteiger partial charge in [0.15, 0.2) is 0 Å². The lowest BCUT2D eigenvalue weighted by Crippen LogP contribution is -2.34. The Kier molecular flexibility index (Phi) is 7.54. The number of ether oxygens (including phenoxy) is 1. The molecule has 0 unspecified atom stereocenters. The third-order valence-corrected chi connectivity index (χ3v) is 4.55. The highest BCUT2D eigenvalue weighted by molar-refractivity contribution is 5.96. The molecule has 31 heavy (non-hydrogen) atoms. The molecular formula is C25H24N2O4. The molecular weight excluding hydrogens is 392 g/mol. The van der Waals surface area contributed by atoms with Gasteiger partial charge < -0.3 is 15.4 Å². The van der Waals surface area contributed by atoms with E-state index in [1.165, 1.54) is 0 Å². The van der Waals surface area contributed by atoms with Crippen molar-refractivity contribution in [2.45, 2.75) is 19.4 Å². The number of hydrogen-bond donors (Lipinski definition) is 2. The SMILES string of the molecule is Cc1ccc(NC(=O)[C@H](OC(=O)CNC(=O)Cc2ccccc2)c2ccccc2)cc1. The van der Waals surface area contributed by atoms with Crippen LogP contribution in [-0.4, -0.2) is 24.3 Å². The Morgan fingerprint density at radius 3 is 2.10 bits per heavy atom. The fourth-order valence-electron chi connectivity index (χ4n) is 2.93. The molecule has 6 heteroatoms. The van der Waals surface area contributed by atoms with Gasteiger partial charge in [-0.3, -0.25) is 14.4 Å². The van der Waals surface area contributed by atoms with Gasteiger partial charge in [-0.15, -0.1) is 0 Å². The van der Waals surface area contributed by atoms with Gasteiger partial charge in [0.25, 0.3) is 5.91 Å². The van der Waals surface area contributed by atoms with Crippen molar-refractivity contribution in [1.82, 2.24) is 5.32 Å². The van der Waals surface area contributed by atoms with Gasteiger partial charge in [0.1, 0.15) is 6.54 Å². The van der Waals surface area contributed by atoms with Gasteiger partial charge >= 0.3 is 5.97 Å². The quantitative estimate of drug-likeness (QED) is 0.550. The molecule has 3 rings (SSSR count). The van der Waals surface area contributed by atoms with Gasteiger partial charge in [-0.05, 0) is 24.6 Å². The largest absolute Gasteiger partial charge is 0.446 e. The predicted molar refractivity (Wildman–Crippen MR) is 118 cm³/mol. The van der Waals surface area contributed by atoms with E-state index in [0.717, 1.165) is 11.1 Å². The van der Waals surface area contributed by atoms with Gasteiger partial charge in [-0.2, -0.15) is 0 Å². The summed E-state index contributed by atoms with van der Waals surface area (Å²) >= 11 is 0. The molecule has 0 aliphatic carbocycles. The van der Waals surface area contributed by atoms with Crippen LogP contribution in [0.15, 0.2) is 84.9 Å². The molecule has 0 fully saturated rings. The molecule has 0 saturated heterocycles. The number of carbonyl (C=O) groups excluding carboxylic acids is 3. The summed E-state index contributed by atoms with van der Waals surface area (Å²) in [6.45, 7) is 1.62. The molecule has 0 spiro atoms. The summed E-state index contributed by atoms with van der Waals surface area (Å²) in [7, 11) is 0. The van der Waals surface area contributed by atoms with Crippen molar-refractivity contribution in [3.05, 3.63) is 102 Å². The summed E-state index contributed by atoms with van der Waals surface area (Å²) in [5.41, 5.74) is 3.04. The van der Waals surface area contributed by atoms with E-state index < -0.39 is 18.0 Å². The Morgan fingerprint density at radius 1 is 0.839 bits per heavy atom. The molecule has 158 valence electrons. The van der Waals surface area contributed by atoms with Crippen LogP contribution < -0.4 is 10.6 Å². The normalized spacial score (nSPS) is 11.3. The van der Waals surface area contributed by atoms with E-state index in [1.807, 2.05) is 55.5 Å². The maximum absolute atomic E-state index is 12.8. The summed E-state index contributed by atoms with van der Waals surface area (Å²) in [6, 6.07) is 25.3. The number of hydrogen-bond acceptors (Lipinski definition) is 4. The van der Waals surface area contributed by atoms with E-state index >= 15 is 0 Å². The third kappa shape index (κ3) is 6.82. The smallest absolute Gasteiger partial charge is 0.326 e. The molecule has 0 aromatic heterocycles. The second-order valence-electron chi connectivity index (χ2n) is 7.07. The molecule has 0 aliphatic heterocycles. The fraction of sp³-hybridized carbons (Fsp3) is 0.160. The van der Waals surface area contributed by atoms with E-state index in [-0.39, 0.29) is 18.9 Å². The Balaban J connectivity index is 1.61. The summed E-state index contributed by atoms with van der Waals surface area (Å²) in [5, 5.41) is 5.30. The fourth-order valence-corrected chi connectivity index (χ4v) is 2.93. The monoisotopic (exact) mass is 416 g/mol. The zero-order chi connectivity index (χ0) is 22.1. The second-order valence-corrected chi connectivity index (χ2v) is 7.07. The molecule has 0 saturated carbocycles. The van der Waals surface area contributed by atoms with Crippen LogP contribution in [0.25, 0.3) is 0 Å². The molecule has 6 nitrogen and oxygen atoms in total. The number of carbonyl (C=O) groups is 3. The van der Waals surface area contributed by atoms with E-state index in [1.54, 1.807) is 36.4 Å². The number of anilines is 1. The Hall–Kier alpha value is -3.93. The number of aryl methyl sites for hydroxylation is 1. The molecule has 3 aromatic rings. The molecule has 0 radical (unpaired) electrons. The number of esters is 1. The first-order valence-electron chi connectivity index (χ1n) is 9.94. The van der Waals surface area contributed by atoms with Crippen molar-refractivity contribution in [3.63, 3.8) is 0 Å². The number of amides is 2. The topological polar surface area (TPSA) is 84.5 Å². The Labute approximate surface area is 181 Å². The first-order valence-corrected chi connectivity index (χ1v) is 9.94. The van der Waals surface area contributed by atoms with Crippen LogP contribution in [0.3, 0.4) is 0 Å². The van der Waals surface area contributed by atoms with Crippen LogP contribution in [0.1, 0.15) is 22.8 Å².